The van der Waals surface area contributed by atoms with Crippen molar-refractivity contribution in [1.82, 2.24) is 0 Å². The average Bonchev–Trinajstić information content (AvgIpc) is 2.93. The molecule has 3 fully saturated rings. The SMILES string of the molecule is CC1=CCC2C3(C)CCC(O)C(C)(C)C3CCC2(C)C1(C)CCC1(C(=O)OCc2ccccc2)CCC(C)(C)CC1. The topological polar surface area (TPSA) is 46.5 Å². The normalized spacial score (nSPS) is 39.1. The molecule has 1 aromatic rings. The van der Waals surface area contributed by atoms with Crippen LogP contribution in [0.2, 0.25) is 0 Å². The van der Waals surface area contributed by atoms with Crippen molar-refractivity contribution in [2.24, 2.45) is 44.3 Å². The van der Waals surface area contributed by atoms with E-state index >= 15 is 0 Å². The first-order chi connectivity index (χ1) is 19.1. The maximum Gasteiger partial charge on any atom is 0.312 e. The van der Waals surface area contributed by atoms with Crippen LogP contribution in [-0.2, 0) is 16.1 Å². The van der Waals surface area contributed by atoms with Gasteiger partial charge in [0.2, 0.25) is 0 Å². The summed E-state index contributed by atoms with van der Waals surface area (Å²) in [5, 5.41) is 11.0. The third-order valence-electron chi connectivity index (χ3n) is 14.1. The van der Waals surface area contributed by atoms with E-state index in [9.17, 15) is 9.90 Å². The summed E-state index contributed by atoms with van der Waals surface area (Å²) in [7, 11) is 0. The van der Waals surface area contributed by atoms with Crippen molar-refractivity contribution in [2.75, 3.05) is 0 Å². The number of benzene rings is 1. The number of allylic oxidation sites excluding steroid dienone is 2. The summed E-state index contributed by atoms with van der Waals surface area (Å²) >= 11 is 0. The van der Waals surface area contributed by atoms with Gasteiger partial charge < -0.3 is 9.84 Å². The molecule has 0 spiro atoms. The van der Waals surface area contributed by atoms with Gasteiger partial charge in [-0.25, -0.2) is 0 Å². The van der Waals surface area contributed by atoms with E-state index in [1.54, 1.807) is 0 Å². The Bertz CT molecular complexity index is 1140. The number of ether oxygens (including phenoxy) is 1. The minimum absolute atomic E-state index is 0.0262. The molecule has 3 nitrogen and oxygen atoms in total. The van der Waals surface area contributed by atoms with E-state index in [1.165, 1.54) is 18.4 Å². The molecule has 0 amide bonds. The van der Waals surface area contributed by atoms with E-state index in [-0.39, 0.29) is 39.1 Å². The number of fused-ring (bicyclic) bond motifs is 3. The minimum Gasteiger partial charge on any atom is -0.460 e. The lowest BCUT2D eigenvalue weighted by atomic mass is 9.36. The molecule has 1 aromatic carbocycles. The maximum absolute atomic E-state index is 14.0. The average molecular weight is 563 g/mol. The van der Waals surface area contributed by atoms with Crippen molar-refractivity contribution >= 4 is 5.97 Å². The van der Waals surface area contributed by atoms with Gasteiger partial charge in [-0.15, -0.1) is 0 Å². The van der Waals surface area contributed by atoms with Crippen molar-refractivity contribution < 1.29 is 14.6 Å². The van der Waals surface area contributed by atoms with E-state index in [1.807, 2.05) is 30.3 Å². The highest BCUT2D eigenvalue weighted by atomic mass is 16.5. The molecule has 1 N–H and O–H groups in total. The van der Waals surface area contributed by atoms with E-state index in [4.69, 9.17) is 4.74 Å². The van der Waals surface area contributed by atoms with Gasteiger partial charge in [0, 0.05) is 0 Å². The summed E-state index contributed by atoms with van der Waals surface area (Å²) in [5.41, 5.74) is 2.90. The number of hydrogen-bond donors (Lipinski definition) is 1. The van der Waals surface area contributed by atoms with Crippen LogP contribution in [0.15, 0.2) is 42.0 Å². The predicted molar refractivity (Wildman–Crippen MR) is 168 cm³/mol. The molecule has 0 bridgehead atoms. The molecule has 0 radical (unpaired) electrons. The van der Waals surface area contributed by atoms with Crippen LogP contribution in [-0.4, -0.2) is 17.2 Å². The van der Waals surface area contributed by atoms with Gasteiger partial charge in [0.15, 0.2) is 0 Å². The molecule has 6 atom stereocenters. The van der Waals surface area contributed by atoms with Gasteiger partial charge >= 0.3 is 5.97 Å². The maximum atomic E-state index is 14.0. The number of carbonyl (C=O) groups is 1. The number of hydrogen-bond acceptors (Lipinski definition) is 3. The fourth-order valence-electron chi connectivity index (χ4n) is 10.5. The number of aliphatic hydroxyl groups excluding tert-OH is 1. The lowest BCUT2D eigenvalue weighted by Crippen LogP contribution is -2.62. The Balaban J connectivity index is 1.41. The van der Waals surface area contributed by atoms with Crippen LogP contribution < -0.4 is 0 Å². The van der Waals surface area contributed by atoms with Crippen molar-refractivity contribution in [2.45, 2.75) is 139 Å². The van der Waals surface area contributed by atoms with Crippen LogP contribution in [0.4, 0.5) is 0 Å². The standard InChI is InChI=1S/C38H58O3/c1-27-14-15-30-35(6)18-17-31(39)34(4,5)29(35)16-19-37(30,8)36(27,7)22-25-38(23-20-33(2,3)21-24-38)32(40)41-26-28-12-10-9-11-13-28/h9-14,29-31,39H,15-26H2,1-8H3. The van der Waals surface area contributed by atoms with Crippen LogP contribution in [0, 0.1) is 44.3 Å². The second-order valence-corrected chi connectivity index (χ2v) is 16.9. The van der Waals surface area contributed by atoms with Gasteiger partial charge in [-0.1, -0.05) is 90.4 Å². The second-order valence-electron chi connectivity index (χ2n) is 16.9. The summed E-state index contributed by atoms with van der Waals surface area (Å²) in [6.45, 7) is 19.8. The summed E-state index contributed by atoms with van der Waals surface area (Å²) in [6, 6.07) is 10.1. The fraction of sp³-hybridized carbons (Fsp3) is 0.763. The third kappa shape index (κ3) is 5.04. The Morgan fingerprint density at radius 1 is 0.854 bits per heavy atom. The number of rotatable bonds is 6. The molecule has 4 aliphatic carbocycles. The summed E-state index contributed by atoms with van der Waals surface area (Å²) in [5.74, 6) is 1.17. The third-order valence-corrected chi connectivity index (χ3v) is 14.1. The van der Waals surface area contributed by atoms with Gasteiger partial charge in [-0.05, 0) is 122 Å². The molecule has 0 heterocycles. The summed E-state index contributed by atoms with van der Waals surface area (Å²) in [6.07, 6.45) is 13.9. The Morgan fingerprint density at radius 2 is 1.51 bits per heavy atom. The number of esters is 1. The molecular formula is C38H58O3. The second kappa shape index (κ2) is 10.5. The monoisotopic (exact) mass is 562 g/mol. The molecule has 4 aliphatic rings. The molecule has 0 saturated heterocycles. The number of aliphatic hydroxyl groups is 1. The molecule has 0 aliphatic heterocycles. The zero-order valence-electron chi connectivity index (χ0n) is 27.4. The van der Waals surface area contributed by atoms with E-state index in [0.717, 1.165) is 63.4 Å². The quantitative estimate of drug-likeness (QED) is 0.277. The van der Waals surface area contributed by atoms with Crippen molar-refractivity contribution in [3.63, 3.8) is 0 Å². The smallest absolute Gasteiger partial charge is 0.312 e. The van der Waals surface area contributed by atoms with Gasteiger partial charge in [0.1, 0.15) is 6.61 Å². The van der Waals surface area contributed by atoms with Gasteiger partial charge in [0.25, 0.3) is 0 Å². The molecule has 228 valence electrons. The fourth-order valence-corrected chi connectivity index (χ4v) is 10.5. The first-order valence-electron chi connectivity index (χ1n) is 16.7. The highest BCUT2D eigenvalue weighted by Gasteiger charge is 2.65. The Labute approximate surface area is 250 Å². The van der Waals surface area contributed by atoms with Crippen LogP contribution >= 0.6 is 0 Å². The number of carbonyl (C=O) groups excluding carboxylic acids is 1. The highest BCUT2D eigenvalue weighted by molar-refractivity contribution is 5.77. The largest absolute Gasteiger partial charge is 0.460 e. The van der Waals surface area contributed by atoms with Gasteiger partial charge in [0.05, 0.1) is 11.5 Å². The first-order valence-corrected chi connectivity index (χ1v) is 16.7. The molecular weight excluding hydrogens is 504 g/mol. The predicted octanol–water partition coefficient (Wildman–Crippen LogP) is 9.67. The molecule has 3 heteroatoms. The van der Waals surface area contributed by atoms with Crippen LogP contribution in [0.1, 0.15) is 132 Å². The van der Waals surface area contributed by atoms with E-state index in [2.05, 4.69) is 61.5 Å². The molecule has 3 saturated carbocycles. The summed E-state index contributed by atoms with van der Waals surface area (Å²) in [4.78, 5) is 14.0. The Kier molecular flexibility index (Phi) is 7.92. The van der Waals surface area contributed by atoms with Crippen molar-refractivity contribution in [3.05, 3.63) is 47.5 Å². The molecule has 41 heavy (non-hydrogen) atoms. The highest BCUT2D eigenvalue weighted by Crippen LogP contribution is 2.72. The molecule has 5 rings (SSSR count). The van der Waals surface area contributed by atoms with Crippen LogP contribution in [0.25, 0.3) is 0 Å². The van der Waals surface area contributed by atoms with Crippen molar-refractivity contribution in [1.29, 1.82) is 0 Å². The van der Waals surface area contributed by atoms with Crippen LogP contribution in [0.5, 0.6) is 0 Å². The van der Waals surface area contributed by atoms with Gasteiger partial charge in [-0.3, -0.25) is 4.79 Å². The first kappa shape index (κ1) is 30.8. The summed E-state index contributed by atoms with van der Waals surface area (Å²) < 4.78 is 6.11. The zero-order valence-corrected chi connectivity index (χ0v) is 27.4. The lowest BCUT2D eigenvalue weighted by Gasteiger charge is -2.68. The minimum atomic E-state index is -0.394. The van der Waals surface area contributed by atoms with Crippen molar-refractivity contribution in [3.8, 4) is 0 Å². The molecule has 6 unspecified atom stereocenters. The Morgan fingerprint density at radius 3 is 2.17 bits per heavy atom. The van der Waals surface area contributed by atoms with E-state index < -0.39 is 5.41 Å². The van der Waals surface area contributed by atoms with Crippen LogP contribution in [0.3, 0.4) is 0 Å². The van der Waals surface area contributed by atoms with E-state index in [0.29, 0.717) is 18.4 Å². The lowest BCUT2D eigenvalue weighted by molar-refractivity contribution is -0.196. The van der Waals surface area contributed by atoms with Gasteiger partial charge in [-0.2, -0.15) is 0 Å². The Hall–Kier alpha value is -1.61. The zero-order chi connectivity index (χ0) is 29.9. The molecule has 0 aromatic heterocycles.